The van der Waals surface area contributed by atoms with Crippen LogP contribution in [0.5, 0.6) is 5.75 Å². The standard InChI is InChI=1S/C16H19ClN4O2/c1-4-21(5-2)16(22)13-9-19-15(10-18-13)20-12-8-11(17)6-7-14(12)23-3/h6-10H,4-5H2,1-3H3,(H,19,20). The maximum atomic E-state index is 12.2. The quantitative estimate of drug-likeness (QED) is 0.877. The van der Waals surface area contributed by atoms with Gasteiger partial charge in [-0.3, -0.25) is 4.79 Å². The lowest BCUT2D eigenvalue weighted by atomic mass is 10.3. The van der Waals surface area contributed by atoms with Crippen molar-refractivity contribution in [3.8, 4) is 5.75 Å². The van der Waals surface area contributed by atoms with Crippen molar-refractivity contribution in [3.05, 3.63) is 41.3 Å². The van der Waals surface area contributed by atoms with Crippen molar-refractivity contribution in [1.82, 2.24) is 14.9 Å². The van der Waals surface area contributed by atoms with Crippen LogP contribution < -0.4 is 10.1 Å². The topological polar surface area (TPSA) is 67.4 Å². The molecule has 1 amide bonds. The summed E-state index contributed by atoms with van der Waals surface area (Å²) in [5.74, 6) is 1.01. The molecule has 7 heteroatoms. The van der Waals surface area contributed by atoms with Gasteiger partial charge in [-0.05, 0) is 32.0 Å². The molecule has 0 saturated carbocycles. The van der Waals surface area contributed by atoms with E-state index in [2.05, 4.69) is 15.3 Å². The molecule has 23 heavy (non-hydrogen) atoms. The zero-order valence-electron chi connectivity index (χ0n) is 13.3. The van der Waals surface area contributed by atoms with Gasteiger partial charge in [0.05, 0.1) is 25.2 Å². The van der Waals surface area contributed by atoms with E-state index in [1.807, 2.05) is 13.8 Å². The molecular formula is C16H19ClN4O2. The molecule has 0 aliphatic carbocycles. The first-order valence-electron chi connectivity index (χ1n) is 7.30. The Morgan fingerprint density at radius 2 is 2.00 bits per heavy atom. The highest BCUT2D eigenvalue weighted by molar-refractivity contribution is 6.31. The van der Waals surface area contributed by atoms with E-state index in [9.17, 15) is 4.79 Å². The van der Waals surface area contributed by atoms with Gasteiger partial charge in [-0.1, -0.05) is 11.6 Å². The van der Waals surface area contributed by atoms with Crippen LogP contribution in [0.2, 0.25) is 5.02 Å². The number of aromatic nitrogens is 2. The Morgan fingerprint density at radius 3 is 2.57 bits per heavy atom. The molecule has 0 spiro atoms. The van der Waals surface area contributed by atoms with Crippen LogP contribution in [0, 0.1) is 0 Å². The SMILES string of the molecule is CCN(CC)C(=O)c1cnc(Nc2cc(Cl)ccc2OC)cn1. The molecule has 0 unspecified atom stereocenters. The summed E-state index contributed by atoms with van der Waals surface area (Å²) in [7, 11) is 1.58. The van der Waals surface area contributed by atoms with E-state index in [-0.39, 0.29) is 5.91 Å². The van der Waals surface area contributed by atoms with Gasteiger partial charge in [0.2, 0.25) is 0 Å². The zero-order chi connectivity index (χ0) is 16.8. The first-order valence-corrected chi connectivity index (χ1v) is 7.68. The van der Waals surface area contributed by atoms with Crippen molar-refractivity contribution >= 4 is 29.0 Å². The maximum absolute atomic E-state index is 12.2. The molecular weight excluding hydrogens is 316 g/mol. The second-order valence-electron chi connectivity index (χ2n) is 4.73. The second kappa shape index (κ2) is 7.78. The van der Waals surface area contributed by atoms with Gasteiger partial charge < -0.3 is 15.0 Å². The summed E-state index contributed by atoms with van der Waals surface area (Å²) in [6.07, 6.45) is 2.97. The maximum Gasteiger partial charge on any atom is 0.274 e. The molecule has 0 saturated heterocycles. The van der Waals surface area contributed by atoms with Crippen LogP contribution in [0.3, 0.4) is 0 Å². The fraction of sp³-hybridized carbons (Fsp3) is 0.312. The predicted octanol–water partition coefficient (Wildman–Crippen LogP) is 3.36. The number of hydrogen-bond acceptors (Lipinski definition) is 5. The van der Waals surface area contributed by atoms with E-state index in [1.54, 1.807) is 30.2 Å². The first kappa shape index (κ1) is 17.0. The molecule has 122 valence electrons. The number of hydrogen-bond donors (Lipinski definition) is 1. The lowest BCUT2D eigenvalue weighted by molar-refractivity contribution is 0.0766. The Balaban J connectivity index is 2.17. The molecule has 2 rings (SSSR count). The first-order chi connectivity index (χ1) is 11.1. The molecule has 6 nitrogen and oxygen atoms in total. The molecule has 2 aromatic rings. The second-order valence-corrected chi connectivity index (χ2v) is 5.17. The third kappa shape index (κ3) is 4.10. The Morgan fingerprint density at radius 1 is 1.26 bits per heavy atom. The van der Waals surface area contributed by atoms with E-state index in [1.165, 1.54) is 12.4 Å². The van der Waals surface area contributed by atoms with Gasteiger partial charge >= 0.3 is 0 Å². The van der Waals surface area contributed by atoms with Crippen molar-refractivity contribution in [2.75, 3.05) is 25.5 Å². The van der Waals surface area contributed by atoms with Gasteiger partial charge in [-0.15, -0.1) is 0 Å². The van der Waals surface area contributed by atoms with E-state index < -0.39 is 0 Å². The molecule has 0 aliphatic heterocycles. The minimum absolute atomic E-state index is 0.130. The summed E-state index contributed by atoms with van der Waals surface area (Å²) in [5.41, 5.74) is 0.995. The fourth-order valence-electron chi connectivity index (χ4n) is 2.09. The number of halogens is 1. The van der Waals surface area contributed by atoms with Gasteiger partial charge in [-0.25, -0.2) is 9.97 Å². The fourth-order valence-corrected chi connectivity index (χ4v) is 2.26. The van der Waals surface area contributed by atoms with E-state index in [0.29, 0.717) is 41.1 Å². The highest BCUT2D eigenvalue weighted by Crippen LogP contribution is 2.29. The van der Waals surface area contributed by atoms with Gasteiger partial charge in [0.1, 0.15) is 17.3 Å². The highest BCUT2D eigenvalue weighted by atomic mass is 35.5. The molecule has 0 atom stereocenters. The minimum Gasteiger partial charge on any atom is -0.495 e. The van der Waals surface area contributed by atoms with Crippen molar-refractivity contribution in [1.29, 1.82) is 0 Å². The minimum atomic E-state index is -0.130. The summed E-state index contributed by atoms with van der Waals surface area (Å²) in [6, 6.07) is 5.23. The van der Waals surface area contributed by atoms with Crippen LogP contribution in [0.25, 0.3) is 0 Å². The molecule has 1 N–H and O–H groups in total. The Bertz CT molecular complexity index is 672. The number of carbonyl (C=O) groups is 1. The molecule has 0 fully saturated rings. The summed E-state index contributed by atoms with van der Waals surface area (Å²) >= 11 is 5.99. The molecule has 1 aromatic carbocycles. The number of nitrogens with zero attached hydrogens (tertiary/aromatic N) is 3. The predicted molar refractivity (Wildman–Crippen MR) is 90.6 cm³/mol. The lowest BCUT2D eigenvalue weighted by Gasteiger charge is -2.17. The van der Waals surface area contributed by atoms with Crippen LogP contribution >= 0.6 is 11.6 Å². The van der Waals surface area contributed by atoms with Crippen molar-refractivity contribution in [2.45, 2.75) is 13.8 Å². The van der Waals surface area contributed by atoms with Crippen LogP contribution in [0.4, 0.5) is 11.5 Å². The molecule has 0 bridgehead atoms. The number of anilines is 2. The Kier molecular flexibility index (Phi) is 5.76. The molecule has 0 aliphatic rings. The van der Waals surface area contributed by atoms with E-state index >= 15 is 0 Å². The normalized spacial score (nSPS) is 10.3. The zero-order valence-corrected chi connectivity index (χ0v) is 14.1. The molecule has 1 heterocycles. The van der Waals surface area contributed by atoms with Crippen LogP contribution in [0.1, 0.15) is 24.3 Å². The van der Waals surface area contributed by atoms with E-state index in [4.69, 9.17) is 16.3 Å². The molecule has 1 aromatic heterocycles. The Hall–Kier alpha value is -2.34. The summed E-state index contributed by atoms with van der Waals surface area (Å²) in [4.78, 5) is 22.3. The Labute approximate surface area is 140 Å². The summed E-state index contributed by atoms with van der Waals surface area (Å²) < 4.78 is 5.26. The van der Waals surface area contributed by atoms with Gasteiger partial charge in [0.15, 0.2) is 0 Å². The average Bonchev–Trinajstić information content (AvgIpc) is 2.57. The number of nitrogens with one attached hydrogen (secondary N) is 1. The van der Waals surface area contributed by atoms with Gasteiger partial charge in [0.25, 0.3) is 5.91 Å². The number of benzene rings is 1. The highest BCUT2D eigenvalue weighted by Gasteiger charge is 2.14. The van der Waals surface area contributed by atoms with Crippen molar-refractivity contribution in [3.63, 3.8) is 0 Å². The number of amides is 1. The lowest BCUT2D eigenvalue weighted by Crippen LogP contribution is -2.31. The molecule has 0 radical (unpaired) electrons. The largest absolute Gasteiger partial charge is 0.495 e. The summed E-state index contributed by atoms with van der Waals surface area (Å²) in [6.45, 7) is 5.12. The van der Waals surface area contributed by atoms with E-state index in [0.717, 1.165) is 0 Å². The van der Waals surface area contributed by atoms with Gasteiger partial charge in [0, 0.05) is 18.1 Å². The average molecular weight is 335 g/mol. The van der Waals surface area contributed by atoms with Crippen molar-refractivity contribution < 1.29 is 9.53 Å². The number of methoxy groups -OCH3 is 1. The number of carbonyl (C=O) groups excluding carboxylic acids is 1. The number of ether oxygens (including phenoxy) is 1. The smallest absolute Gasteiger partial charge is 0.274 e. The van der Waals surface area contributed by atoms with Gasteiger partial charge in [-0.2, -0.15) is 0 Å². The third-order valence-electron chi connectivity index (χ3n) is 3.35. The number of rotatable bonds is 6. The van der Waals surface area contributed by atoms with Crippen LogP contribution in [-0.2, 0) is 0 Å². The summed E-state index contributed by atoms with van der Waals surface area (Å²) in [5, 5.41) is 3.66. The van der Waals surface area contributed by atoms with Crippen LogP contribution in [-0.4, -0.2) is 41.0 Å². The van der Waals surface area contributed by atoms with Crippen LogP contribution in [0.15, 0.2) is 30.6 Å². The monoisotopic (exact) mass is 334 g/mol. The van der Waals surface area contributed by atoms with Crippen molar-refractivity contribution in [2.24, 2.45) is 0 Å². The third-order valence-corrected chi connectivity index (χ3v) is 3.58.